The summed E-state index contributed by atoms with van der Waals surface area (Å²) in [6.45, 7) is 0.575. The summed E-state index contributed by atoms with van der Waals surface area (Å²) in [4.78, 5) is 13.1. The maximum Gasteiger partial charge on any atom is 0.414 e. The zero-order chi connectivity index (χ0) is 10.8. The van der Waals surface area contributed by atoms with Crippen LogP contribution in [0, 0.1) is 0 Å². The Balaban J connectivity index is 2.18. The molecule has 0 radical (unpaired) electrons. The number of hydrogen-bond donors (Lipinski definition) is 0. The van der Waals surface area contributed by atoms with E-state index < -0.39 is 0 Å². The zero-order valence-corrected chi connectivity index (χ0v) is 10.2. The van der Waals surface area contributed by atoms with Crippen molar-refractivity contribution in [2.75, 3.05) is 16.8 Å². The van der Waals surface area contributed by atoms with E-state index in [0.29, 0.717) is 16.9 Å². The van der Waals surface area contributed by atoms with E-state index >= 15 is 0 Å². The molecule has 1 aliphatic heterocycles. The monoisotopic (exact) mass is 289 g/mol. The maximum absolute atomic E-state index is 11.5. The topological polar surface area (TPSA) is 29.5 Å². The van der Waals surface area contributed by atoms with Gasteiger partial charge in [-0.15, -0.1) is 0 Å². The Bertz CT molecular complexity index is 368. The molecule has 0 bridgehead atoms. The van der Waals surface area contributed by atoms with Gasteiger partial charge in [0.15, 0.2) is 0 Å². The fourth-order valence-electron chi connectivity index (χ4n) is 1.43. The van der Waals surface area contributed by atoms with Crippen molar-refractivity contribution in [2.45, 2.75) is 6.10 Å². The summed E-state index contributed by atoms with van der Waals surface area (Å²) >= 11 is 9.06. The van der Waals surface area contributed by atoms with Gasteiger partial charge in [0.1, 0.15) is 6.10 Å². The first-order valence-electron chi connectivity index (χ1n) is 4.50. The molecule has 0 N–H and O–H groups in total. The van der Waals surface area contributed by atoms with E-state index in [1.165, 1.54) is 0 Å². The lowest BCUT2D eigenvalue weighted by Crippen LogP contribution is -2.24. The molecule has 0 aromatic heterocycles. The second-order valence-corrected chi connectivity index (χ2v) is 4.33. The summed E-state index contributed by atoms with van der Waals surface area (Å²) in [6, 6.07) is 7.12. The normalized spacial score (nSPS) is 20.5. The molecule has 1 saturated heterocycles. The van der Waals surface area contributed by atoms with Gasteiger partial charge in [0.25, 0.3) is 0 Å². The molecule has 1 amide bonds. The van der Waals surface area contributed by atoms with Crippen molar-refractivity contribution in [1.29, 1.82) is 0 Å². The van der Waals surface area contributed by atoms with Crippen LogP contribution in [0.15, 0.2) is 24.3 Å². The van der Waals surface area contributed by atoms with Gasteiger partial charge in [0, 0.05) is 16.0 Å². The highest BCUT2D eigenvalue weighted by Crippen LogP contribution is 2.23. The van der Waals surface area contributed by atoms with E-state index in [4.69, 9.17) is 16.3 Å². The summed E-state index contributed by atoms with van der Waals surface area (Å²) in [5.74, 6) is 0. The van der Waals surface area contributed by atoms with Crippen molar-refractivity contribution in [1.82, 2.24) is 0 Å². The summed E-state index contributed by atoms with van der Waals surface area (Å²) in [6.07, 6.45) is -0.380. The third kappa shape index (κ3) is 2.26. The van der Waals surface area contributed by atoms with Crippen LogP contribution in [0.3, 0.4) is 0 Å². The SMILES string of the molecule is O=C1OC(CBr)CN1c1ccc(Cl)cc1. The summed E-state index contributed by atoms with van der Waals surface area (Å²) in [5.41, 5.74) is 0.813. The Morgan fingerprint density at radius 1 is 1.47 bits per heavy atom. The highest BCUT2D eigenvalue weighted by molar-refractivity contribution is 9.09. The minimum Gasteiger partial charge on any atom is -0.443 e. The Morgan fingerprint density at radius 2 is 2.13 bits per heavy atom. The average molecular weight is 291 g/mol. The first-order valence-corrected chi connectivity index (χ1v) is 6.00. The number of nitrogens with zero attached hydrogens (tertiary/aromatic N) is 1. The molecule has 1 aromatic rings. The number of amides is 1. The third-order valence-electron chi connectivity index (χ3n) is 2.18. The predicted molar refractivity (Wildman–Crippen MR) is 62.9 cm³/mol. The summed E-state index contributed by atoms with van der Waals surface area (Å²) in [7, 11) is 0. The van der Waals surface area contributed by atoms with Crippen LogP contribution in [0.1, 0.15) is 0 Å². The van der Waals surface area contributed by atoms with Gasteiger partial charge < -0.3 is 4.74 Å². The van der Waals surface area contributed by atoms with Crippen LogP contribution in [-0.2, 0) is 4.74 Å². The number of anilines is 1. The first-order chi connectivity index (χ1) is 7.20. The standard InChI is InChI=1S/C10H9BrClNO2/c11-5-9-6-13(10(14)15-9)8-3-1-7(12)2-4-8/h1-4,9H,5-6H2. The molecule has 1 heterocycles. The Morgan fingerprint density at radius 3 is 2.67 bits per heavy atom. The van der Waals surface area contributed by atoms with Crippen LogP contribution >= 0.6 is 27.5 Å². The van der Waals surface area contributed by atoms with Crippen molar-refractivity contribution < 1.29 is 9.53 Å². The minimum atomic E-state index is -0.304. The molecule has 1 aromatic carbocycles. The number of cyclic esters (lactones) is 1. The van der Waals surface area contributed by atoms with Crippen LogP contribution in [0.5, 0.6) is 0 Å². The van der Waals surface area contributed by atoms with Crippen LogP contribution in [0.2, 0.25) is 5.02 Å². The summed E-state index contributed by atoms with van der Waals surface area (Å²) < 4.78 is 5.11. The number of halogens is 2. The van der Waals surface area contributed by atoms with Gasteiger partial charge in [-0.3, -0.25) is 4.90 Å². The lowest BCUT2D eigenvalue weighted by molar-refractivity contribution is 0.152. The minimum absolute atomic E-state index is 0.0758. The fraction of sp³-hybridized carbons (Fsp3) is 0.300. The zero-order valence-electron chi connectivity index (χ0n) is 7.82. The third-order valence-corrected chi connectivity index (χ3v) is 3.16. The van der Waals surface area contributed by atoms with Crippen molar-refractivity contribution in [3.05, 3.63) is 29.3 Å². The molecule has 0 aliphatic carbocycles. The molecule has 5 heteroatoms. The molecule has 1 fully saturated rings. The quantitative estimate of drug-likeness (QED) is 0.784. The molecule has 1 aliphatic rings. The van der Waals surface area contributed by atoms with Crippen LogP contribution in [0.25, 0.3) is 0 Å². The molecule has 80 valence electrons. The molecule has 3 nitrogen and oxygen atoms in total. The highest BCUT2D eigenvalue weighted by Gasteiger charge is 2.31. The molecule has 0 spiro atoms. The van der Waals surface area contributed by atoms with E-state index in [2.05, 4.69) is 15.9 Å². The Kier molecular flexibility index (Phi) is 3.17. The van der Waals surface area contributed by atoms with Gasteiger partial charge in [-0.2, -0.15) is 0 Å². The van der Waals surface area contributed by atoms with E-state index in [1.54, 1.807) is 29.2 Å². The van der Waals surface area contributed by atoms with E-state index in [9.17, 15) is 4.79 Å². The highest BCUT2D eigenvalue weighted by atomic mass is 79.9. The van der Waals surface area contributed by atoms with E-state index in [-0.39, 0.29) is 12.2 Å². The number of alkyl halides is 1. The lowest BCUT2D eigenvalue weighted by atomic mass is 10.3. The molecular weight excluding hydrogens is 281 g/mol. The molecule has 15 heavy (non-hydrogen) atoms. The number of ether oxygens (including phenoxy) is 1. The molecule has 1 atom stereocenters. The number of hydrogen-bond acceptors (Lipinski definition) is 2. The van der Waals surface area contributed by atoms with Crippen molar-refractivity contribution in [3.63, 3.8) is 0 Å². The number of carbonyl (C=O) groups is 1. The van der Waals surface area contributed by atoms with Crippen LogP contribution < -0.4 is 4.90 Å². The molecular formula is C10H9BrClNO2. The predicted octanol–water partition coefficient (Wildman–Crippen LogP) is 3.06. The molecule has 1 unspecified atom stereocenters. The molecule has 2 rings (SSSR count). The van der Waals surface area contributed by atoms with Crippen molar-refractivity contribution in [2.24, 2.45) is 0 Å². The largest absolute Gasteiger partial charge is 0.443 e. The van der Waals surface area contributed by atoms with Crippen molar-refractivity contribution in [3.8, 4) is 0 Å². The number of rotatable bonds is 2. The maximum atomic E-state index is 11.5. The number of carbonyl (C=O) groups excluding carboxylic acids is 1. The average Bonchev–Trinajstić information content (AvgIpc) is 2.61. The van der Waals surface area contributed by atoms with E-state index in [0.717, 1.165) is 5.69 Å². The first kappa shape index (κ1) is 10.8. The Labute approximate surface area is 101 Å². The smallest absolute Gasteiger partial charge is 0.414 e. The van der Waals surface area contributed by atoms with Crippen LogP contribution in [-0.4, -0.2) is 24.1 Å². The molecule has 0 saturated carbocycles. The van der Waals surface area contributed by atoms with Gasteiger partial charge in [-0.25, -0.2) is 4.79 Å². The Hall–Kier alpha value is -0.740. The van der Waals surface area contributed by atoms with Gasteiger partial charge >= 0.3 is 6.09 Å². The van der Waals surface area contributed by atoms with E-state index in [1.807, 2.05) is 0 Å². The van der Waals surface area contributed by atoms with Gasteiger partial charge in [0.05, 0.1) is 6.54 Å². The van der Waals surface area contributed by atoms with Gasteiger partial charge in [0.2, 0.25) is 0 Å². The summed E-state index contributed by atoms with van der Waals surface area (Å²) in [5, 5.41) is 1.31. The van der Waals surface area contributed by atoms with Crippen LogP contribution in [0.4, 0.5) is 10.5 Å². The fourth-order valence-corrected chi connectivity index (χ4v) is 1.90. The lowest BCUT2D eigenvalue weighted by Gasteiger charge is -2.12. The van der Waals surface area contributed by atoms with Gasteiger partial charge in [-0.1, -0.05) is 27.5 Å². The van der Waals surface area contributed by atoms with Crippen molar-refractivity contribution >= 4 is 39.3 Å². The second-order valence-electron chi connectivity index (χ2n) is 3.25. The number of benzene rings is 1. The second kappa shape index (κ2) is 4.41. The van der Waals surface area contributed by atoms with Gasteiger partial charge in [-0.05, 0) is 24.3 Å².